The highest BCUT2D eigenvalue weighted by molar-refractivity contribution is 5.91. The zero-order valence-electron chi connectivity index (χ0n) is 17.3. The summed E-state index contributed by atoms with van der Waals surface area (Å²) >= 11 is 0. The van der Waals surface area contributed by atoms with Crippen LogP contribution < -0.4 is 25.7 Å². The third-order valence-electron chi connectivity index (χ3n) is 4.43. The minimum Gasteiger partial charge on any atom is -0.493 e. The fraction of sp³-hybridized carbons (Fsp3) is 0.300. The van der Waals surface area contributed by atoms with Crippen molar-refractivity contribution in [2.24, 2.45) is 7.05 Å². The van der Waals surface area contributed by atoms with E-state index in [9.17, 15) is 9.59 Å². The molecule has 10 nitrogen and oxygen atoms in total. The fourth-order valence-electron chi connectivity index (χ4n) is 3.05. The zero-order valence-corrected chi connectivity index (χ0v) is 17.3. The molecule has 0 spiro atoms. The van der Waals surface area contributed by atoms with Crippen LogP contribution in [0.5, 0.6) is 11.5 Å². The molecule has 0 aliphatic rings. The number of hydrogen-bond acceptors (Lipinski definition) is 7. The van der Waals surface area contributed by atoms with Crippen molar-refractivity contribution in [3.8, 4) is 22.8 Å². The average Bonchev–Trinajstić information content (AvgIpc) is 2.68. The van der Waals surface area contributed by atoms with Crippen molar-refractivity contribution in [3.63, 3.8) is 0 Å². The molecule has 0 saturated heterocycles. The van der Waals surface area contributed by atoms with Crippen LogP contribution in [0.2, 0.25) is 0 Å². The van der Waals surface area contributed by atoms with Crippen LogP contribution in [-0.2, 0) is 7.05 Å². The van der Waals surface area contributed by atoms with Gasteiger partial charge in [-0.3, -0.25) is 10.1 Å². The van der Waals surface area contributed by atoms with Crippen LogP contribution >= 0.6 is 0 Å². The minimum absolute atomic E-state index is 0.213. The molecule has 3 N–H and O–H groups in total. The van der Waals surface area contributed by atoms with Gasteiger partial charge in [0, 0.05) is 12.6 Å². The topological polar surface area (TPSA) is 128 Å². The Bertz CT molecular complexity index is 1170. The first-order valence-corrected chi connectivity index (χ1v) is 9.03. The highest BCUT2D eigenvalue weighted by atomic mass is 16.5. The molecule has 0 aliphatic heterocycles. The number of amides is 1. The largest absolute Gasteiger partial charge is 0.493 e. The summed E-state index contributed by atoms with van der Waals surface area (Å²) in [4.78, 5) is 32.8. The maximum atomic E-state index is 12.8. The molecule has 2 aromatic heterocycles. The van der Waals surface area contributed by atoms with Crippen LogP contribution in [0.3, 0.4) is 0 Å². The Morgan fingerprint density at radius 2 is 1.87 bits per heavy atom. The Hall–Kier alpha value is -3.82. The number of nitrogens with one attached hydrogen (secondary N) is 2. The lowest BCUT2D eigenvalue weighted by atomic mass is 10.1. The average molecular weight is 413 g/mol. The van der Waals surface area contributed by atoms with E-state index in [-0.39, 0.29) is 16.8 Å². The van der Waals surface area contributed by atoms with E-state index in [1.165, 1.54) is 18.0 Å². The number of benzene rings is 1. The standard InChI is InChI=1S/C20H23N5O5/c1-20(2,24-19(27)28)23-17-16-13(21-10-25(3)18(16)26)9-12(22-17)11-6-7-14(29-4)15(8-11)30-5/h6-10,24H,1-5H3,(H,22,23)(H,27,28). The molecule has 1 amide bonds. The predicted octanol–water partition coefficient (Wildman–Crippen LogP) is 2.43. The number of carboxylic acid groups (broad SMARTS) is 1. The molecule has 0 radical (unpaired) electrons. The molecule has 0 fully saturated rings. The van der Waals surface area contributed by atoms with Gasteiger partial charge in [-0.05, 0) is 38.1 Å². The van der Waals surface area contributed by atoms with Gasteiger partial charge in [-0.1, -0.05) is 0 Å². The fourth-order valence-corrected chi connectivity index (χ4v) is 3.05. The van der Waals surface area contributed by atoms with E-state index in [0.717, 1.165) is 0 Å². The number of pyridine rings is 1. The van der Waals surface area contributed by atoms with Crippen molar-refractivity contribution >= 4 is 22.8 Å². The van der Waals surface area contributed by atoms with E-state index in [0.29, 0.717) is 28.3 Å². The number of carbonyl (C=O) groups is 1. The number of hydrogen-bond donors (Lipinski definition) is 3. The number of ether oxygens (including phenoxy) is 2. The monoisotopic (exact) mass is 413 g/mol. The summed E-state index contributed by atoms with van der Waals surface area (Å²) < 4.78 is 12.0. The van der Waals surface area contributed by atoms with E-state index in [2.05, 4.69) is 20.6 Å². The first-order chi connectivity index (χ1) is 14.1. The molecule has 0 aliphatic carbocycles. The van der Waals surface area contributed by atoms with Gasteiger partial charge in [0.25, 0.3) is 5.56 Å². The van der Waals surface area contributed by atoms with E-state index < -0.39 is 11.8 Å². The van der Waals surface area contributed by atoms with E-state index in [4.69, 9.17) is 14.6 Å². The number of nitrogens with zero attached hydrogens (tertiary/aromatic N) is 3. The molecule has 0 saturated carbocycles. The van der Waals surface area contributed by atoms with Crippen molar-refractivity contribution < 1.29 is 19.4 Å². The van der Waals surface area contributed by atoms with Crippen LogP contribution in [0.25, 0.3) is 22.2 Å². The summed E-state index contributed by atoms with van der Waals surface area (Å²) in [5.41, 5.74) is 0.261. The summed E-state index contributed by atoms with van der Waals surface area (Å²) in [6, 6.07) is 7.01. The number of aryl methyl sites for hydroxylation is 1. The molecule has 1 aromatic carbocycles. The Morgan fingerprint density at radius 1 is 1.17 bits per heavy atom. The lowest BCUT2D eigenvalue weighted by Crippen LogP contribution is -2.49. The first-order valence-electron chi connectivity index (χ1n) is 9.03. The van der Waals surface area contributed by atoms with Gasteiger partial charge in [-0.25, -0.2) is 14.8 Å². The zero-order chi connectivity index (χ0) is 22.1. The second kappa shape index (κ2) is 7.90. The number of anilines is 1. The van der Waals surface area contributed by atoms with E-state index in [1.807, 2.05) is 0 Å². The van der Waals surface area contributed by atoms with Crippen LogP contribution in [0.4, 0.5) is 10.6 Å². The quantitative estimate of drug-likeness (QED) is 0.526. The summed E-state index contributed by atoms with van der Waals surface area (Å²) in [7, 11) is 4.67. The highest BCUT2D eigenvalue weighted by Gasteiger charge is 2.23. The maximum absolute atomic E-state index is 12.8. The summed E-state index contributed by atoms with van der Waals surface area (Å²) in [5, 5.41) is 14.7. The normalized spacial score (nSPS) is 11.2. The molecule has 30 heavy (non-hydrogen) atoms. The molecular weight excluding hydrogens is 390 g/mol. The minimum atomic E-state index is -1.21. The van der Waals surface area contributed by atoms with Gasteiger partial charge in [0.15, 0.2) is 11.5 Å². The second-order valence-corrected chi connectivity index (χ2v) is 7.16. The second-order valence-electron chi connectivity index (χ2n) is 7.16. The van der Waals surface area contributed by atoms with Crippen LogP contribution in [0.1, 0.15) is 13.8 Å². The molecule has 0 atom stereocenters. The lowest BCUT2D eigenvalue weighted by molar-refractivity contribution is 0.185. The number of fused-ring (bicyclic) bond motifs is 1. The summed E-state index contributed by atoms with van der Waals surface area (Å²) in [6.07, 6.45) is 0.215. The molecule has 158 valence electrons. The van der Waals surface area contributed by atoms with Gasteiger partial charge in [0.1, 0.15) is 16.9 Å². The van der Waals surface area contributed by atoms with Gasteiger partial charge < -0.3 is 24.5 Å². The van der Waals surface area contributed by atoms with Crippen molar-refractivity contribution in [3.05, 3.63) is 40.9 Å². The molecule has 3 aromatic rings. The Labute approximate surface area is 172 Å². The molecule has 0 unspecified atom stereocenters. The summed E-state index contributed by atoms with van der Waals surface area (Å²) in [5.74, 6) is 1.31. The van der Waals surface area contributed by atoms with E-state index >= 15 is 0 Å². The van der Waals surface area contributed by atoms with Crippen LogP contribution in [0, 0.1) is 0 Å². The van der Waals surface area contributed by atoms with Gasteiger partial charge >= 0.3 is 6.09 Å². The number of rotatable bonds is 6. The highest BCUT2D eigenvalue weighted by Crippen LogP contribution is 2.33. The third-order valence-corrected chi connectivity index (χ3v) is 4.43. The number of methoxy groups -OCH3 is 2. The van der Waals surface area contributed by atoms with Crippen molar-refractivity contribution in [2.75, 3.05) is 19.5 Å². The van der Waals surface area contributed by atoms with Crippen LogP contribution in [-0.4, -0.2) is 45.6 Å². The third kappa shape index (κ3) is 4.12. The van der Waals surface area contributed by atoms with Crippen molar-refractivity contribution in [1.82, 2.24) is 19.9 Å². The first kappa shape index (κ1) is 20.9. The SMILES string of the molecule is COc1ccc(-c2cc3ncn(C)c(=O)c3c(NC(C)(C)NC(=O)O)n2)cc1OC. The molecule has 3 rings (SSSR count). The molecule has 2 heterocycles. The lowest BCUT2D eigenvalue weighted by Gasteiger charge is -2.27. The van der Waals surface area contributed by atoms with Gasteiger partial charge in [-0.15, -0.1) is 0 Å². The summed E-state index contributed by atoms with van der Waals surface area (Å²) in [6.45, 7) is 3.25. The molecule has 10 heteroatoms. The van der Waals surface area contributed by atoms with Gasteiger partial charge in [0.2, 0.25) is 0 Å². The molecular formula is C20H23N5O5. The van der Waals surface area contributed by atoms with Crippen molar-refractivity contribution in [1.29, 1.82) is 0 Å². The predicted molar refractivity (Wildman–Crippen MR) is 112 cm³/mol. The van der Waals surface area contributed by atoms with E-state index in [1.54, 1.807) is 52.3 Å². The smallest absolute Gasteiger partial charge is 0.406 e. The molecule has 0 bridgehead atoms. The Kier molecular flexibility index (Phi) is 5.50. The van der Waals surface area contributed by atoms with Gasteiger partial charge in [-0.2, -0.15) is 0 Å². The Balaban J connectivity index is 2.22. The van der Waals surface area contributed by atoms with Crippen LogP contribution in [0.15, 0.2) is 35.4 Å². The Morgan fingerprint density at radius 3 is 2.50 bits per heavy atom. The maximum Gasteiger partial charge on any atom is 0.406 e. The van der Waals surface area contributed by atoms with Gasteiger partial charge in [0.05, 0.1) is 31.8 Å². The number of aromatic nitrogens is 3. The van der Waals surface area contributed by atoms with Crippen molar-refractivity contribution in [2.45, 2.75) is 19.5 Å².